The highest BCUT2D eigenvalue weighted by molar-refractivity contribution is 5.83. The molecule has 10 unspecified atom stereocenters. The molecule has 0 aromatic carbocycles. The lowest BCUT2D eigenvalue weighted by molar-refractivity contribution is -0.170. The quantitative estimate of drug-likeness (QED) is 0.188. The predicted molar refractivity (Wildman–Crippen MR) is 202 cm³/mol. The van der Waals surface area contributed by atoms with Crippen molar-refractivity contribution >= 4 is 11.9 Å². The number of ether oxygens (including phenoxy) is 6. The van der Waals surface area contributed by atoms with E-state index in [0.717, 1.165) is 77.0 Å². The van der Waals surface area contributed by atoms with Crippen LogP contribution in [-0.2, 0) is 38.0 Å². The molecule has 0 aromatic rings. The molecule has 298 valence electrons. The van der Waals surface area contributed by atoms with Crippen molar-refractivity contribution in [3.8, 4) is 0 Å². The van der Waals surface area contributed by atoms with E-state index in [9.17, 15) is 9.59 Å². The number of fused-ring (bicyclic) bond motifs is 4. The Hall–Kier alpha value is -1.22. The van der Waals surface area contributed by atoms with Gasteiger partial charge in [0, 0.05) is 0 Å². The Morgan fingerprint density at radius 1 is 0.423 bits per heavy atom. The van der Waals surface area contributed by atoms with E-state index in [0.29, 0.717) is 61.7 Å². The molecule has 8 heteroatoms. The summed E-state index contributed by atoms with van der Waals surface area (Å²) in [5.41, 5.74) is -0.842. The minimum absolute atomic E-state index is 0.0971. The Morgan fingerprint density at radius 2 is 0.712 bits per heavy atom. The first-order valence-electron chi connectivity index (χ1n) is 22.5. The second-order valence-electron chi connectivity index (χ2n) is 17.6. The summed E-state index contributed by atoms with van der Waals surface area (Å²) >= 11 is 0. The van der Waals surface area contributed by atoms with Crippen molar-refractivity contribution in [3.05, 3.63) is 0 Å². The molecule has 2 saturated carbocycles. The summed E-state index contributed by atoms with van der Waals surface area (Å²) in [6, 6.07) is 0. The number of esters is 2. The van der Waals surface area contributed by atoms with E-state index in [-0.39, 0.29) is 30.6 Å². The summed E-state index contributed by atoms with van der Waals surface area (Å²) in [5, 5.41) is 0. The van der Waals surface area contributed by atoms with Crippen LogP contribution in [0.5, 0.6) is 0 Å². The lowest BCUT2D eigenvalue weighted by Gasteiger charge is -2.31. The first-order valence-corrected chi connectivity index (χ1v) is 22.5. The van der Waals surface area contributed by atoms with Crippen molar-refractivity contribution in [2.24, 2.45) is 5.41 Å². The molecule has 0 bridgehead atoms. The van der Waals surface area contributed by atoms with Crippen molar-refractivity contribution in [1.29, 1.82) is 0 Å². The Morgan fingerprint density at radius 3 is 1.10 bits per heavy atom. The Kier molecular flexibility index (Phi) is 16.0. The van der Waals surface area contributed by atoms with Gasteiger partial charge in [0.05, 0.1) is 60.7 Å². The fourth-order valence-corrected chi connectivity index (χ4v) is 9.54. The molecule has 2 aliphatic carbocycles. The normalized spacial score (nSPS) is 37.4. The molecule has 4 aliphatic heterocycles. The van der Waals surface area contributed by atoms with Crippen molar-refractivity contribution in [1.82, 2.24) is 0 Å². The molecule has 0 spiro atoms. The third kappa shape index (κ3) is 13.2. The second-order valence-corrected chi connectivity index (χ2v) is 17.6. The van der Waals surface area contributed by atoms with Crippen molar-refractivity contribution in [3.63, 3.8) is 0 Å². The van der Waals surface area contributed by atoms with E-state index in [1.807, 2.05) is 13.8 Å². The first-order chi connectivity index (χ1) is 25.5. The zero-order valence-corrected chi connectivity index (χ0v) is 33.0. The van der Waals surface area contributed by atoms with Gasteiger partial charge in [-0.15, -0.1) is 0 Å². The van der Waals surface area contributed by atoms with Crippen LogP contribution in [0.3, 0.4) is 0 Å². The fraction of sp³-hybridized carbons (Fsp3) is 0.955. The van der Waals surface area contributed by atoms with Crippen LogP contribution in [0, 0.1) is 5.41 Å². The van der Waals surface area contributed by atoms with Gasteiger partial charge in [-0.05, 0) is 128 Å². The zero-order chi connectivity index (χ0) is 36.2. The van der Waals surface area contributed by atoms with Crippen LogP contribution < -0.4 is 0 Å². The van der Waals surface area contributed by atoms with Crippen LogP contribution in [0.25, 0.3) is 0 Å². The van der Waals surface area contributed by atoms with E-state index in [2.05, 4.69) is 0 Å². The molecule has 8 nitrogen and oxygen atoms in total. The highest BCUT2D eigenvalue weighted by Crippen LogP contribution is 2.39. The van der Waals surface area contributed by atoms with Crippen LogP contribution in [0.4, 0.5) is 0 Å². The average Bonchev–Trinajstić information content (AvgIpc) is 3.95. The summed E-state index contributed by atoms with van der Waals surface area (Å²) in [5.74, 6) is -0.442. The van der Waals surface area contributed by atoms with Gasteiger partial charge in [0.15, 0.2) is 0 Å². The summed E-state index contributed by atoms with van der Waals surface area (Å²) in [7, 11) is 0. The smallest absolute Gasteiger partial charge is 0.312 e. The van der Waals surface area contributed by atoms with E-state index < -0.39 is 5.41 Å². The predicted octanol–water partition coefficient (Wildman–Crippen LogP) is 10.2. The molecule has 0 aromatic heterocycles. The van der Waals surface area contributed by atoms with Crippen molar-refractivity contribution in [2.75, 3.05) is 0 Å². The van der Waals surface area contributed by atoms with Crippen LogP contribution in [0.1, 0.15) is 200 Å². The van der Waals surface area contributed by atoms with E-state index in [1.54, 1.807) is 0 Å². The number of epoxide rings is 4. The van der Waals surface area contributed by atoms with Gasteiger partial charge in [0.2, 0.25) is 0 Å². The number of rotatable bonds is 7. The molecular formula is C44H74O8. The average molecular weight is 731 g/mol. The minimum Gasteiger partial charge on any atom is -0.462 e. The summed E-state index contributed by atoms with van der Waals surface area (Å²) in [6.45, 7) is 4.05. The summed E-state index contributed by atoms with van der Waals surface area (Å²) < 4.78 is 36.5. The summed E-state index contributed by atoms with van der Waals surface area (Å²) in [6.07, 6.45) is 33.4. The van der Waals surface area contributed by atoms with Gasteiger partial charge >= 0.3 is 11.9 Å². The van der Waals surface area contributed by atoms with Gasteiger partial charge in [0.1, 0.15) is 12.2 Å². The van der Waals surface area contributed by atoms with Gasteiger partial charge in [-0.2, -0.15) is 0 Å². The molecule has 4 heterocycles. The largest absolute Gasteiger partial charge is 0.462 e. The van der Waals surface area contributed by atoms with Gasteiger partial charge in [-0.25, -0.2) is 0 Å². The van der Waals surface area contributed by atoms with Gasteiger partial charge in [0.25, 0.3) is 0 Å². The van der Waals surface area contributed by atoms with Gasteiger partial charge in [-0.1, -0.05) is 65.2 Å². The van der Waals surface area contributed by atoms with E-state index >= 15 is 0 Å². The number of hydrogen-bond acceptors (Lipinski definition) is 8. The highest BCUT2D eigenvalue weighted by atomic mass is 16.6. The molecular weight excluding hydrogens is 656 g/mol. The fourth-order valence-electron chi connectivity index (χ4n) is 9.54. The Balaban J connectivity index is 0.975. The van der Waals surface area contributed by atoms with Crippen LogP contribution in [-0.4, -0.2) is 73.0 Å². The molecule has 0 N–H and O–H groups in total. The second kappa shape index (κ2) is 20.6. The molecule has 10 atom stereocenters. The van der Waals surface area contributed by atoms with E-state index in [1.165, 1.54) is 89.9 Å². The Bertz CT molecular complexity index is 1080. The third-order valence-corrected chi connectivity index (χ3v) is 13.6. The molecule has 6 fully saturated rings. The zero-order valence-electron chi connectivity index (χ0n) is 33.0. The van der Waals surface area contributed by atoms with Crippen molar-refractivity contribution in [2.45, 2.75) is 261 Å². The minimum atomic E-state index is -0.842. The molecule has 0 amide bonds. The monoisotopic (exact) mass is 731 g/mol. The maximum atomic E-state index is 14.0. The van der Waals surface area contributed by atoms with Crippen molar-refractivity contribution < 1.29 is 38.0 Å². The standard InChI is InChI=1S/C44H74O8/c1-3-44(4-2,43(46)48-33-20-12-8-6-10-14-24-35-39(50-35)28-18-30-41-37(52-41)26-16-22-33)31-42(45)47-32-19-11-7-5-9-13-23-34-38(49-34)27-17-29-40-36(51-40)25-15-21-32/h32-41H,3-31H2,1-2H3. The highest BCUT2D eigenvalue weighted by Gasteiger charge is 2.43. The number of carbonyl (C=O) groups is 2. The SMILES string of the molecule is CCC(CC)(CC(=O)OC1CCCCCCCC2OC2CCCC2OC2CCC1)C(=O)OC1CCCCCCCC2OC2CCCC2OC2CCC1. The van der Waals surface area contributed by atoms with Gasteiger partial charge in [-0.3, -0.25) is 9.59 Å². The lowest BCUT2D eigenvalue weighted by atomic mass is 9.79. The van der Waals surface area contributed by atoms with E-state index in [4.69, 9.17) is 28.4 Å². The maximum absolute atomic E-state index is 14.0. The number of hydrogen-bond donors (Lipinski definition) is 0. The molecule has 52 heavy (non-hydrogen) atoms. The molecule has 6 aliphatic rings. The molecule has 4 saturated heterocycles. The van der Waals surface area contributed by atoms with Gasteiger partial charge < -0.3 is 28.4 Å². The third-order valence-electron chi connectivity index (χ3n) is 13.6. The molecule has 0 radical (unpaired) electrons. The van der Waals surface area contributed by atoms with Crippen LogP contribution in [0.15, 0.2) is 0 Å². The first kappa shape index (κ1) is 40.4. The van der Waals surface area contributed by atoms with Crippen LogP contribution >= 0.6 is 0 Å². The Labute approximate surface area is 315 Å². The maximum Gasteiger partial charge on any atom is 0.312 e. The lowest BCUT2D eigenvalue weighted by Crippen LogP contribution is -2.38. The van der Waals surface area contributed by atoms with Crippen LogP contribution in [0.2, 0.25) is 0 Å². The topological polar surface area (TPSA) is 103 Å². The number of carbonyl (C=O) groups excluding carboxylic acids is 2. The molecule has 6 rings (SSSR count). The summed E-state index contributed by atoms with van der Waals surface area (Å²) in [4.78, 5) is 27.7.